The van der Waals surface area contributed by atoms with Gasteiger partial charge in [-0.2, -0.15) is 0 Å². The summed E-state index contributed by atoms with van der Waals surface area (Å²) in [5.74, 6) is 0.411. The van der Waals surface area contributed by atoms with Gasteiger partial charge in [0.15, 0.2) is 22.3 Å². The first kappa shape index (κ1) is 27.8. The number of carbonyl (C=O) groups is 4. The Kier molecular flexibility index (Phi) is 7.78. The van der Waals surface area contributed by atoms with Crippen LogP contribution < -0.4 is 9.47 Å². The van der Waals surface area contributed by atoms with Crippen molar-refractivity contribution in [1.82, 2.24) is 4.98 Å². The fourth-order valence-electron chi connectivity index (χ4n) is 5.95. The molecule has 2 aliphatic rings. The molecule has 0 saturated heterocycles. The molecule has 0 amide bonds. The van der Waals surface area contributed by atoms with Gasteiger partial charge in [-0.25, -0.2) is 4.98 Å². The zero-order chi connectivity index (χ0) is 28.7. The van der Waals surface area contributed by atoms with Gasteiger partial charge in [-0.1, -0.05) is 0 Å². The maximum absolute atomic E-state index is 13.1. The van der Waals surface area contributed by atoms with E-state index in [-0.39, 0.29) is 47.2 Å². The van der Waals surface area contributed by atoms with Crippen molar-refractivity contribution in [3.8, 4) is 22.3 Å². The maximum atomic E-state index is 13.1. The number of ketones is 2. The topological polar surface area (TPSA) is 113 Å². The van der Waals surface area contributed by atoms with Crippen LogP contribution in [0.3, 0.4) is 0 Å². The molecule has 2 fully saturated rings. The lowest BCUT2D eigenvalue weighted by Crippen LogP contribution is -2.28. The molecule has 1 aromatic carbocycles. The van der Waals surface area contributed by atoms with Gasteiger partial charge < -0.3 is 13.9 Å². The Morgan fingerprint density at radius 3 is 1.88 bits per heavy atom. The van der Waals surface area contributed by atoms with Crippen LogP contribution in [0.1, 0.15) is 65.2 Å². The summed E-state index contributed by atoms with van der Waals surface area (Å²) in [7, 11) is 0. The highest BCUT2D eigenvalue weighted by atomic mass is 32.1. The average Bonchev–Trinajstić information content (AvgIpc) is 3.70. The highest BCUT2D eigenvalue weighted by Gasteiger charge is 2.32. The monoisotopic (exact) mass is 593 g/mol. The van der Waals surface area contributed by atoms with Crippen molar-refractivity contribution in [3.63, 3.8) is 0 Å². The number of nitrogens with zero attached hydrogens (tertiary/aromatic N) is 1. The fraction of sp³-hybridized carbons (Fsp3) is 0.452. The van der Waals surface area contributed by atoms with Gasteiger partial charge in [0.25, 0.3) is 0 Å². The van der Waals surface area contributed by atoms with Crippen LogP contribution in [0.2, 0.25) is 0 Å². The van der Waals surface area contributed by atoms with Gasteiger partial charge in [-0.3, -0.25) is 19.2 Å². The molecule has 2 aliphatic carbocycles. The van der Waals surface area contributed by atoms with Gasteiger partial charge in [0.2, 0.25) is 0 Å². The van der Waals surface area contributed by atoms with Crippen LogP contribution in [0, 0.1) is 23.7 Å². The third-order valence-corrected chi connectivity index (χ3v) is 10.4. The van der Waals surface area contributed by atoms with E-state index >= 15 is 0 Å². The van der Waals surface area contributed by atoms with Crippen molar-refractivity contribution >= 4 is 66.7 Å². The molecule has 3 heterocycles. The zero-order valence-electron chi connectivity index (χ0n) is 23.0. The van der Waals surface area contributed by atoms with E-state index in [9.17, 15) is 19.2 Å². The predicted molar refractivity (Wildman–Crippen MR) is 156 cm³/mol. The van der Waals surface area contributed by atoms with E-state index in [1.165, 1.54) is 11.3 Å². The first-order valence-electron chi connectivity index (χ1n) is 14.1. The molecule has 0 atom stereocenters. The molecule has 2 saturated carbocycles. The summed E-state index contributed by atoms with van der Waals surface area (Å²) in [6, 6.07) is 7.11. The van der Waals surface area contributed by atoms with Gasteiger partial charge in [0.1, 0.15) is 27.4 Å². The summed E-state index contributed by atoms with van der Waals surface area (Å²) in [6.07, 6.45) is 5.20. The average molecular weight is 594 g/mol. The number of ether oxygens (including phenoxy) is 2. The Balaban J connectivity index is 1.27. The van der Waals surface area contributed by atoms with Crippen LogP contribution in [-0.2, 0) is 19.2 Å². The number of thiophene rings is 1. The standard InChI is InChI=1S/C31H31NO7S2/c1-16(33)18-3-7-20(8-4-18)30(35)38-23-11-12-24(39-31(36)21-9-5-19(6-10-21)17(2)34)28-27(23)32-29(41-28)25-15-26-22(37-25)13-14-40-26/h11-15,18-21H,3-10H2,1-2H3. The molecule has 0 spiro atoms. The molecule has 214 valence electrons. The molecule has 0 unspecified atom stereocenters. The molecule has 4 aromatic rings. The lowest BCUT2D eigenvalue weighted by molar-refractivity contribution is -0.141. The SMILES string of the molecule is CC(=O)C1CCC(C(=O)Oc2ccc(OC(=O)C3CCC(C(C)=O)CC3)c3sc(-c4cc5sccc5o4)nc23)CC1. The second kappa shape index (κ2) is 11.5. The molecule has 0 radical (unpaired) electrons. The van der Waals surface area contributed by atoms with Crippen molar-refractivity contribution in [2.24, 2.45) is 23.7 Å². The Morgan fingerprint density at radius 1 is 0.780 bits per heavy atom. The Bertz CT molecular complexity index is 1520. The fourth-order valence-corrected chi connectivity index (χ4v) is 7.68. The van der Waals surface area contributed by atoms with Crippen LogP contribution >= 0.6 is 22.7 Å². The number of hydrogen-bond acceptors (Lipinski definition) is 10. The van der Waals surface area contributed by atoms with Crippen LogP contribution in [0.4, 0.5) is 0 Å². The van der Waals surface area contributed by atoms with Crippen LogP contribution in [0.5, 0.6) is 11.5 Å². The lowest BCUT2D eigenvalue weighted by Gasteiger charge is -2.25. The number of fused-ring (bicyclic) bond motifs is 2. The van der Waals surface area contributed by atoms with E-state index in [1.807, 2.05) is 17.5 Å². The molecule has 0 N–H and O–H groups in total. The number of Topliss-reactive ketones (excluding diaryl/α,β-unsaturated/α-hetero) is 2. The smallest absolute Gasteiger partial charge is 0.314 e. The summed E-state index contributed by atoms with van der Waals surface area (Å²) < 4.78 is 19.4. The second-order valence-electron chi connectivity index (χ2n) is 11.2. The molecule has 8 nitrogen and oxygen atoms in total. The van der Waals surface area contributed by atoms with Crippen LogP contribution in [0.25, 0.3) is 31.3 Å². The Labute approximate surface area is 245 Å². The number of hydrogen-bond donors (Lipinski definition) is 0. The summed E-state index contributed by atoms with van der Waals surface area (Å²) in [5, 5.41) is 2.55. The minimum atomic E-state index is -0.339. The predicted octanol–water partition coefficient (Wildman–Crippen LogP) is 7.37. The summed E-state index contributed by atoms with van der Waals surface area (Å²) in [5.41, 5.74) is 1.20. The minimum Gasteiger partial charge on any atom is -0.453 e. The number of furan rings is 1. The van der Waals surface area contributed by atoms with Crippen molar-refractivity contribution in [2.45, 2.75) is 65.2 Å². The van der Waals surface area contributed by atoms with Gasteiger partial charge in [-0.05, 0) is 88.8 Å². The quantitative estimate of drug-likeness (QED) is 0.161. The Morgan fingerprint density at radius 2 is 1.32 bits per heavy atom. The summed E-state index contributed by atoms with van der Waals surface area (Å²) in [6.45, 7) is 3.21. The zero-order valence-corrected chi connectivity index (χ0v) is 24.6. The van der Waals surface area contributed by atoms with Gasteiger partial charge in [0, 0.05) is 17.9 Å². The third kappa shape index (κ3) is 5.72. The molecule has 0 bridgehead atoms. The van der Waals surface area contributed by atoms with Crippen LogP contribution in [-0.4, -0.2) is 28.5 Å². The molecule has 0 aliphatic heterocycles. The van der Waals surface area contributed by atoms with Crippen molar-refractivity contribution in [1.29, 1.82) is 0 Å². The first-order chi connectivity index (χ1) is 19.8. The number of esters is 2. The summed E-state index contributed by atoms with van der Waals surface area (Å²) in [4.78, 5) is 54.5. The maximum Gasteiger partial charge on any atom is 0.314 e. The van der Waals surface area contributed by atoms with E-state index in [0.717, 1.165) is 10.3 Å². The van der Waals surface area contributed by atoms with Crippen molar-refractivity contribution in [2.75, 3.05) is 0 Å². The molecule has 3 aromatic heterocycles. The highest BCUT2D eigenvalue weighted by molar-refractivity contribution is 7.22. The number of benzene rings is 1. The van der Waals surface area contributed by atoms with E-state index < -0.39 is 0 Å². The van der Waals surface area contributed by atoms with Gasteiger partial charge in [-0.15, -0.1) is 22.7 Å². The number of carbonyl (C=O) groups excluding carboxylic acids is 4. The van der Waals surface area contributed by atoms with E-state index in [2.05, 4.69) is 0 Å². The van der Waals surface area contributed by atoms with Gasteiger partial charge in [0.05, 0.1) is 16.5 Å². The van der Waals surface area contributed by atoms with Crippen molar-refractivity contribution in [3.05, 3.63) is 29.6 Å². The van der Waals surface area contributed by atoms with E-state index in [4.69, 9.17) is 18.9 Å². The normalized spacial score (nSPS) is 23.0. The van der Waals surface area contributed by atoms with E-state index in [0.29, 0.717) is 83.9 Å². The largest absolute Gasteiger partial charge is 0.453 e. The number of rotatable bonds is 7. The first-order valence-corrected chi connectivity index (χ1v) is 15.8. The molecule has 6 rings (SSSR count). The number of aromatic nitrogens is 1. The number of thiazole rings is 1. The molecular formula is C31H31NO7S2. The molecule has 10 heteroatoms. The molecular weight excluding hydrogens is 562 g/mol. The lowest BCUT2D eigenvalue weighted by atomic mass is 9.80. The minimum absolute atomic E-state index is 0.0151. The van der Waals surface area contributed by atoms with Gasteiger partial charge >= 0.3 is 11.9 Å². The van der Waals surface area contributed by atoms with Crippen molar-refractivity contribution < 1.29 is 33.1 Å². The summed E-state index contributed by atoms with van der Waals surface area (Å²) >= 11 is 2.89. The third-order valence-electron chi connectivity index (χ3n) is 8.51. The Hall–Kier alpha value is -3.37. The second-order valence-corrected chi connectivity index (χ2v) is 13.1. The highest BCUT2D eigenvalue weighted by Crippen LogP contribution is 2.43. The molecule has 41 heavy (non-hydrogen) atoms. The van der Waals surface area contributed by atoms with E-state index in [1.54, 1.807) is 37.3 Å². The van der Waals surface area contributed by atoms with Crippen LogP contribution in [0.15, 0.2) is 34.1 Å².